The van der Waals surface area contributed by atoms with Gasteiger partial charge in [-0.25, -0.2) is 9.78 Å². The Bertz CT molecular complexity index is 333. The van der Waals surface area contributed by atoms with E-state index in [0.29, 0.717) is 18.0 Å². The third kappa shape index (κ3) is 2.09. The van der Waals surface area contributed by atoms with Crippen LogP contribution in [0.5, 0.6) is 0 Å². The molecule has 1 aromatic rings. The van der Waals surface area contributed by atoms with E-state index in [1.807, 2.05) is 0 Å². The van der Waals surface area contributed by atoms with Crippen molar-refractivity contribution < 1.29 is 9.90 Å². The molecule has 0 radical (unpaired) electrons. The van der Waals surface area contributed by atoms with Gasteiger partial charge in [-0.3, -0.25) is 0 Å². The maximum Gasteiger partial charge on any atom is 0.329 e. The third-order valence-electron chi connectivity index (χ3n) is 2.82. The lowest BCUT2D eigenvalue weighted by molar-refractivity contribution is -0.143. The van der Waals surface area contributed by atoms with Crippen LogP contribution >= 0.6 is 11.5 Å². The monoisotopic (exact) mass is 227 g/mol. The Balaban J connectivity index is 2.15. The van der Waals surface area contributed by atoms with Crippen molar-refractivity contribution in [2.75, 3.05) is 5.32 Å². The number of carbonyl (C=O) groups is 1. The Kier molecular flexibility index (Phi) is 2.86. The van der Waals surface area contributed by atoms with Gasteiger partial charge in [-0.15, -0.1) is 0 Å². The lowest BCUT2D eigenvalue weighted by atomic mass is 9.82. The normalized spacial score (nSPS) is 19.7. The second-order valence-corrected chi connectivity index (χ2v) is 4.60. The molecule has 1 heterocycles. The summed E-state index contributed by atoms with van der Waals surface area (Å²) in [6.45, 7) is 0. The zero-order chi connectivity index (χ0) is 10.7. The summed E-state index contributed by atoms with van der Waals surface area (Å²) in [4.78, 5) is 15.3. The largest absolute Gasteiger partial charge is 0.480 e. The minimum absolute atomic E-state index is 0.597. The molecule has 1 aromatic heterocycles. The number of carboxylic acid groups (broad SMARTS) is 1. The van der Waals surface area contributed by atoms with Crippen LogP contribution in [0.1, 0.15) is 32.1 Å². The Morgan fingerprint density at radius 1 is 1.47 bits per heavy atom. The minimum atomic E-state index is -0.822. The fourth-order valence-corrected chi connectivity index (χ4v) is 2.51. The molecule has 0 bridgehead atoms. The van der Waals surface area contributed by atoms with Gasteiger partial charge in [0.2, 0.25) is 5.13 Å². The number of carboxylic acids is 1. The van der Waals surface area contributed by atoms with Crippen LogP contribution in [-0.2, 0) is 4.79 Å². The highest BCUT2D eigenvalue weighted by molar-refractivity contribution is 7.09. The molecular formula is C9H13N3O2S. The van der Waals surface area contributed by atoms with E-state index in [1.54, 1.807) is 0 Å². The molecule has 82 valence electrons. The summed E-state index contributed by atoms with van der Waals surface area (Å²) in [6.07, 6.45) is 5.80. The van der Waals surface area contributed by atoms with Crippen LogP contribution in [0, 0.1) is 0 Å². The number of nitrogens with one attached hydrogen (secondary N) is 1. The average molecular weight is 227 g/mol. The van der Waals surface area contributed by atoms with Crippen molar-refractivity contribution >= 4 is 22.6 Å². The summed E-state index contributed by atoms with van der Waals surface area (Å²) >= 11 is 1.20. The number of rotatable bonds is 3. The number of aromatic nitrogens is 2. The van der Waals surface area contributed by atoms with Crippen molar-refractivity contribution in [1.29, 1.82) is 0 Å². The van der Waals surface area contributed by atoms with Crippen molar-refractivity contribution in [3.8, 4) is 0 Å². The molecule has 0 aromatic carbocycles. The van der Waals surface area contributed by atoms with Crippen molar-refractivity contribution in [2.45, 2.75) is 37.6 Å². The zero-order valence-electron chi connectivity index (χ0n) is 8.27. The standard InChI is InChI=1S/C9H13N3O2S/c13-7(14)9(4-2-1-3-5-9)12-8-10-6-11-15-8/h6H,1-5H2,(H,13,14)(H,10,11,12). The molecule has 1 saturated carbocycles. The van der Waals surface area contributed by atoms with Crippen molar-refractivity contribution in [2.24, 2.45) is 0 Å². The molecule has 2 rings (SSSR count). The third-order valence-corrected chi connectivity index (χ3v) is 3.40. The van der Waals surface area contributed by atoms with E-state index in [2.05, 4.69) is 14.7 Å². The predicted molar refractivity (Wildman–Crippen MR) is 57.0 cm³/mol. The number of hydrogen-bond acceptors (Lipinski definition) is 5. The summed E-state index contributed by atoms with van der Waals surface area (Å²) in [5.41, 5.74) is -0.822. The molecule has 15 heavy (non-hydrogen) atoms. The molecule has 1 aliphatic carbocycles. The molecule has 0 aliphatic heterocycles. The van der Waals surface area contributed by atoms with Gasteiger partial charge in [-0.1, -0.05) is 19.3 Å². The Morgan fingerprint density at radius 3 is 2.73 bits per heavy atom. The second kappa shape index (κ2) is 4.14. The summed E-state index contributed by atoms with van der Waals surface area (Å²) in [5.74, 6) is -0.780. The van der Waals surface area contributed by atoms with E-state index in [0.717, 1.165) is 19.3 Å². The number of nitrogens with zero attached hydrogens (tertiary/aromatic N) is 2. The SMILES string of the molecule is O=C(O)C1(Nc2ncns2)CCCCC1. The summed E-state index contributed by atoms with van der Waals surface area (Å²) < 4.78 is 3.85. The topological polar surface area (TPSA) is 75.1 Å². The van der Waals surface area contributed by atoms with E-state index in [4.69, 9.17) is 0 Å². The number of aliphatic carboxylic acids is 1. The van der Waals surface area contributed by atoms with Crippen LogP contribution in [0.15, 0.2) is 6.33 Å². The van der Waals surface area contributed by atoms with Gasteiger partial charge >= 0.3 is 5.97 Å². The highest BCUT2D eigenvalue weighted by Gasteiger charge is 2.40. The van der Waals surface area contributed by atoms with Crippen LogP contribution in [-0.4, -0.2) is 26.0 Å². The summed E-state index contributed by atoms with van der Waals surface area (Å²) in [7, 11) is 0. The molecule has 0 amide bonds. The van der Waals surface area contributed by atoms with E-state index >= 15 is 0 Å². The average Bonchev–Trinajstić information content (AvgIpc) is 2.71. The summed E-state index contributed by atoms with van der Waals surface area (Å²) in [6, 6.07) is 0. The molecule has 0 unspecified atom stereocenters. The molecule has 0 atom stereocenters. The van der Waals surface area contributed by atoms with E-state index in [1.165, 1.54) is 17.9 Å². The second-order valence-electron chi connectivity index (χ2n) is 3.82. The predicted octanol–water partition coefficient (Wildman–Crippen LogP) is 1.74. The van der Waals surface area contributed by atoms with Gasteiger partial charge < -0.3 is 10.4 Å². The van der Waals surface area contributed by atoms with Gasteiger partial charge in [-0.05, 0) is 12.8 Å². The molecule has 1 fully saturated rings. The minimum Gasteiger partial charge on any atom is -0.480 e. The van der Waals surface area contributed by atoms with Crippen LogP contribution in [0.25, 0.3) is 0 Å². The van der Waals surface area contributed by atoms with Gasteiger partial charge in [0, 0.05) is 11.5 Å². The highest BCUT2D eigenvalue weighted by Crippen LogP contribution is 2.32. The molecule has 2 N–H and O–H groups in total. The van der Waals surface area contributed by atoms with Crippen molar-refractivity contribution in [3.05, 3.63) is 6.33 Å². The Labute approximate surface area is 91.7 Å². The van der Waals surface area contributed by atoms with E-state index < -0.39 is 11.5 Å². The molecule has 0 spiro atoms. The smallest absolute Gasteiger partial charge is 0.329 e. The van der Waals surface area contributed by atoms with Gasteiger partial charge in [0.15, 0.2) is 0 Å². The van der Waals surface area contributed by atoms with Crippen LogP contribution < -0.4 is 5.32 Å². The van der Waals surface area contributed by atoms with E-state index in [-0.39, 0.29) is 0 Å². The molecular weight excluding hydrogens is 214 g/mol. The first kappa shape index (κ1) is 10.4. The number of hydrogen-bond donors (Lipinski definition) is 2. The van der Waals surface area contributed by atoms with Crippen molar-refractivity contribution in [1.82, 2.24) is 9.36 Å². The van der Waals surface area contributed by atoms with Crippen molar-refractivity contribution in [3.63, 3.8) is 0 Å². The lowest BCUT2D eigenvalue weighted by Gasteiger charge is -2.33. The van der Waals surface area contributed by atoms with Crippen LogP contribution in [0.3, 0.4) is 0 Å². The first-order valence-corrected chi connectivity index (χ1v) is 5.78. The first-order valence-electron chi connectivity index (χ1n) is 5.01. The lowest BCUT2D eigenvalue weighted by Crippen LogP contribution is -2.47. The van der Waals surface area contributed by atoms with Crippen LogP contribution in [0.4, 0.5) is 5.13 Å². The highest BCUT2D eigenvalue weighted by atomic mass is 32.1. The zero-order valence-corrected chi connectivity index (χ0v) is 9.09. The van der Waals surface area contributed by atoms with Crippen LogP contribution in [0.2, 0.25) is 0 Å². The molecule has 6 heteroatoms. The summed E-state index contributed by atoms with van der Waals surface area (Å²) in [5, 5.41) is 12.9. The van der Waals surface area contributed by atoms with E-state index in [9.17, 15) is 9.90 Å². The maximum absolute atomic E-state index is 11.3. The molecule has 1 aliphatic rings. The first-order chi connectivity index (χ1) is 7.23. The quantitative estimate of drug-likeness (QED) is 0.822. The fraction of sp³-hybridized carbons (Fsp3) is 0.667. The van der Waals surface area contributed by atoms with Gasteiger partial charge in [-0.2, -0.15) is 4.37 Å². The fourth-order valence-electron chi connectivity index (χ4n) is 1.98. The molecule has 5 nitrogen and oxygen atoms in total. The molecule has 0 saturated heterocycles. The van der Waals surface area contributed by atoms with Gasteiger partial charge in [0.1, 0.15) is 11.9 Å². The van der Waals surface area contributed by atoms with Gasteiger partial charge in [0.25, 0.3) is 0 Å². The Morgan fingerprint density at radius 2 is 2.20 bits per heavy atom. The maximum atomic E-state index is 11.3. The van der Waals surface area contributed by atoms with Gasteiger partial charge in [0.05, 0.1) is 0 Å². The number of anilines is 1. The Hall–Kier alpha value is -1.17.